The summed E-state index contributed by atoms with van der Waals surface area (Å²) >= 11 is 0. The van der Waals surface area contributed by atoms with Crippen LogP contribution in [0.15, 0.2) is 12.4 Å². The van der Waals surface area contributed by atoms with Gasteiger partial charge >= 0.3 is 0 Å². The molecule has 0 amide bonds. The molecule has 21 heavy (non-hydrogen) atoms. The summed E-state index contributed by atoms with van der Waals surface area (Å²) in [6, 6.07) is 0.566. The summed E-state index contributed by atoms with van der Waals surface area (Å²) in [4.78, 5) is 0. The van der Waals surface area contributed by atoms with Crippen molar-refractivity contribution >= 4 is 0 Å². The van der Waals surface area contributed by atoms with Crippen LogP contribution in [0.5, 0.6) is 0 Å². The molecule has 0 saturated heterocycles. The Hall–Kier alpha value is -0.830. The fourth-order valence-corrected chi connectivity index (χ4v) is 3.17. The molecule has 0 aliphatic carbocycles. The largest absolute Gasteiger partial charge is 0.314 e. The Morgan fingerprint density at radius 3 is 2.52 bits per heavy atom. The lowest BCUT2D eigenvalue weighted by atomic mass is 9.82. The molecule has 3 nitrogen and oxygen atoms in total. The third-order valence-electron chi connectivity index (χ3n) is 3.82. The van der Waals surface area contributed by atoms with E-state index in [0.717, 1.165) is 25.4 Å². The average molecular weight is 293 g/mol. The van der Waals surface area contributed by atoms with Crippen molar-refractivity contribution in [3.05, 3.63) is 18.0 Å². The van der Waals surface area contributed by atoms with Gasteiger partial charge in [0.15, 0.2) is 0 Å². The molecular formula is C18H35N3. The zero-order valence-electron chi connectivity index (χ0n) is 14.9. The van der Waals surface area contributed by atoms with E-state index in [9.17, 15) is 0 Å². The number of nitrogens with one attached hydrogen (secondary N) is 1. The molecule has 1 rings (SSSR count). The monoisotopic (exact) mass is 293 g/mol. The molecule has 0 fully saturated rings. The van der Waals surface area contributed by atoms with Crippen LogP contribution < -0.4 is 5.32 Å². The minimum Gasteiger partial charge on any atom is -0.314 e. The SMILES string of the molecule is CCCNC(Cc1cnn(CC)c1)CC(C)CC(C)(C)C. The molecule has 1 aromatic rings. The highest BCUT2D eigenvalue weighted by Gasteiger charge is 2.19. The fourth-order valence-electron chi connectivity index (χ4n) is 3.17. The predicted octanol–water partition coefficient (Wildman–Crippen LogP) is 4.28. The number of aromatic nitrogens is 2. The summed E-state index contributed by atoms with van der Waals surface area (Å²) in [5.41, 5.74) is 1.77. The molecule has 0 saturated carbocycles. The van der Waals surface area contributed by atoms with Gasteiger partial charge in [0.25, 0.3) is 0 Å². The Morgan fingerprint density at radius 1 is 1.29 bits per heavy atom. The molecule has 2 atom stereocenters. The lowest BCUT2D eigenvalue weighted by Gasteiger charge is -2.27. The van der Waals surface area contributed by atoms with Crippen LogP contribution in [0.4, 0.5) is 0 Å². The molecule has 0 spiro atoms. The Bertz CT molecular complexity index is 389. The Morgan fingerprint density at radius 2 is 2.00 bits per heavy atom. The molecule has 0 aliphatic rings. The maximum absolute atomic E-state index is 4.40. The summed E-state index contributed by atoms with van der Waals surface area (Å²) in [5, 5.41) is 8.12. The van der Waals surface area contributed by atoms with Crippen LogP contribution in [-0.4, -0.2) is 22.4 Å². The van der Waals surface area contributed by atoms with Crippen molar-refractivity contribution in [3.63, 3.8) is 0 Å². The van der Waals surface area contributed by atoms with Crippen LogP contribution in [0.1, 0.15) is 66.4 Å². The lowest BCUT2D eigenvalue weighted by molar-refractivity contribution is 0.274. The molecule has 1 heterocycles. The normalized spacial score (nSPS) is 15.1. The van der Waals surface area contributed by atoms with Crippen molar-refractivity contribution in [2.24, 2.45) is 11.3 Å². The smallest absolute Gasteiger partial charge is 0.0522 e. The van der Waals surface area contributed by atoms with E-state index in [1.807, 2.05) is 10.9 Å². The van der Waals surface area contributed by atoms with E-state index in [0.29, 0.717) is 11.5 Å². The van der Waals surface area contributed by atoms with Crippen LogP contribution >= 0.6 is 0 Å². The number of hydrogen-bond donors (Lipinski definition) is 1. The van der Waals surface area contributed by atoms with E-state index in [2.05, 4.69) is 58.2 Å². The van der Waals surface area contributed by atoms with Gasteiger partial charge in [-0.15, -0.1) is 0 Å². The van der Waals surface area contributed by atoms with Gasteiger partial charge < -0.3 is 5.32 Å². The molecule has 1 N–H and O–H groups in total. The molecule has 1 aromatic heterocycles. The average Bonchev–Trinajstić information content (AvgIpc) is 2.81. The maximum Gasteiger partial charge on any atom is 0.0522 e. The van der Waals surface area contributed by atoms with Crippen molar-refractivity contribution in [2.45, 2.75) is 79.8 Å². The lowest BCUT2D eigenvalue weighted by Crippen LogP contribution is -2.34. The van der Waals surface area contributed by atoms with Crippen molar-refractivity contribution in [2.75, 3.05) is 6.54 Å². The molecule has 0 aromatic carbocycles. The van der Waals surface area contributed by atoms with Gasteiger partial charge in [-0.3, -0.25) is 4.68 Å². The Balaban J connectivity index is 2.57. The zero-order valence-corrected chi connectivity index (χ0v) is 14.9. The number of hydrogen-bond acceptors (Lipinski definition) is 2. The van der Waals surface area contributed by atoms with Crippen LogP contribution in [0.2, 0.25) is 0 Å². The van der Waals surface area contributed by atoms with Crippen LogP contribution in [0, 0.1) is 11.3 Å². The van der Waals surface area contributed by atoms with Gasteiger partial charge in [-0.25, -0.2) is 0 Å². The topological polar surface area (TPSA) is 29.9 Å². The second-order valence-corrected chi connectivity index (χ2v) is 7.67. The first-order valence-corrected chi connectivity index (χ1v) is 8.58. The maximum atomic E-state index is 4.40. The Kier molecular flexibility index (Phi) is 7.44. The quantitative estimate of drug-likeness (QED) is 0.736. The van der Waals surface area contributed by atoms with Crippen molar-refractivity contribution in [1.82, 2.24) is 15.1 Å². The number of rotatable bonds is 9. The summed E-state index contributed by atoms with van der Waals surface area (Å²) in [6.45, 7) is 15.8. The zero-order chi connectivity index (χ0) is 15.9. The summed E-state index contributed by atoms with van der Waals surface area (Å²) < 4.78 is 2.02. The van der Waals surface area contributed by atoms with Crippen LogP contribution in [0.3, 0.4) is 0 Å². The van der Waals surface area contributed by atoms with Gasteiger partial charge in [-0.05, 0) is 56.0 Å². The van der Waals surface area contributed by atoms with E-state index < -0.39 is 0 Å². The fraction of sp³-hybridized carbons (Fsp3) is 0.833. The van der Waals surface area contributed by atoms with Gasteiger partial charge in [0, 0.05) is 18.8 Å². The van der Waals surface area contributed by atoms with Crippen LogP contribution in [0.25, 0.3) is 0 Å². The van der Waals surface area contributed by atoms with Gasteiger partial charge in [-0.1, -0.05) is 34.6 Å². The first-order valence-electron chi connectivity index (χ1n) is 8.58. The second-order valence-electron chi connectivity index (χ2n) is 7.67. The van der Waals surface area contributed by atoms with Gasteiger partial charge in [0.05, 0.1) is 6.20 Å². The van der Waals surface area contributed by atoms with Crippen molar-refractivity contribution in [3.8, 4) is 0 Å². The van der Waals surface area contributed by atoms with Gasteiger partial charge in [0.2, 0.25) is 0 Å². The minimum atomic E-state index is 0.418. The van der Waals surface area contributed by atoms with Gasteiger partial charge in [-0.2, -0.15) is 5.10 Å². The Labute approximate surface area is 131 Å². The number of aryl methyl sites for hydroxylation is 1. The van der Waals surface area contributed by atoms with Crippen LogP contribution in [-0.2, 0) is 13.0 Å². The van der Waals surface area contributed by atoms with E-state index >= 15 is 0 Å². The molecule has 2 unspecified atom stereocenters. The molecule has 0 aliphatic heterocycles. The molecular weight excluding hydrogens is 258 g/mol. The first-order chi connectivity index (χ1) is 9.84. The molecule has 0 radical (unpaired) electrons. The molecule has 0 bridgehead atoms. The standard InChI is InChI=1S/C18H35N3/c1-7-9-19-17(10-15(3)12-18(4,5)6)11-16-13-20-21(8-2)14-16/h13-15,17,19H,7-12H2,1-6H3. The molecule has 3 heteroatoms. The highest BCUT2D eigenvalue weighted by atomic mass is 15.3. The van der Waals surface area contributed by atoms with Gasteiger partial charge in [0.1, 0.15) is 0 Å². The highest BCUT2D eigenvalue weighted by Crippen LogP contribution is 2.27. The summed E-state index contributed by atoms with van der Waals surface area (Å²) in [5.74, 6) is 0.751. The second kappa shape index (κ2) is 8.57. The number of nitrogens with zero attached hydrogens (tertiary/aromatic N) is 2. The summed E-state index contributed by atoms with van der Waals surface area (Å²) in [7, 11) is 0. The third kappa shape index (κ3) is 7.66. The molecule has 122 valence electrons. The van der Waals surface area contributed by atoms with E-state index in [1.165, 1.54) is 24.8 Å². The van der Waals surface area contributed by atoms with E-state index in [-0.39, 0.29) is 0 Å². The van der Waals surface area contributed by atoms with E-state index in [4.69, 9.17) is 0 Å². The van der Waals surface area contributed by atoms with Crippen molar-refractivity contribution in [1.29, 1.82) is 0 Å². The minimum absolute atomic E-state index is 0.418. The highest BCUT2D eigenvalue weighted by molar-refractivity contribution is 5.06. The first kappa shape index (κ1) is 18.2. The third-order valence-corrected chi connectivity index (χ3v) is 3.82. The summed E-state index contributed by atoms with van der Waals surface area (Å²) in [6.07, 6.45) is 9.03. The predicted molar refractivity (Wildman–Crippen MR) is 91.5 cm³/mol. The van der Waals surface area contributed by atoms with E-state index in [1.54, 1.807) is 0 Å². The van der Waals surface area contributed by atoms with Crippen molar-refractivity contribution < 1.29 is 0 Å².